The van der Waals surface area contributed by atoms with E-state index in [9.17, 15) is 5.11 Å². The highest BCUT2D eigenvalue weighted by Crippen LogP contribution is 2.25. The lowest BCUT2D eigenvalue weighted by Crippen LogP contribution is -2.29. The Bertz CT molecular complexity index is 535. The largest absolute Gasteiger partial charge is 0.390 e. The molecule has 1 fully saturated rings. The average molecular weight is 266 g/mol. The summed E-state index contributed by atoms with van der Waals surface area (Å²) in [4.78, 5) is 10.3. The van der Waals surface area contributed by atoms with Gasteiger partial charge in [-0.1, -0.05) is 0 Å². The van der Waals surface area contributed by atoms with Crippen LogP contribution in [0.4, 0.5) is 5.82 Å². The summed E-state index contributed by atoms with van der Waals surface area (Å²) in [6.07, 6.45) is 3.12. The molecule has 0 amide bonds. The number of rotatable bonds is 2. The number of nitrogens with zero attached hydrogens (tertiary/aromatic N) is 4. The van der Waals surface area contributed by atoms with Crippen molar-refractivity contribution in [2.45, 2.75) is 13.0 Å². The van der Waals surface area contributed by atoms with Crippen LogP contribution < -0.4 is 4.90 Å². The van der Waals surface area contributed by atoms with Gasteiger partial charge in [-0.2, -0.15) is 0 Å². The van der Waals surface area contributed by atoms with Gasteiger partial charge in [0.2, 0.25) is 0 Å². The molecule has 2 aromatic rings. The number of aliphatic hydroxyl groups is 1. The molecule has 0 aromatic carbocycles. The molecular weight excluding hydrogens is 248 g/mol. The van der Waals surface area contributed by atoms with Gasteiger partial charge in [-0.05, 0) is 20.0 Å². The van der Waals surface area contributed by atoms with Crippen LogP contribution in [0.2, 0.25) is 0 Å². The van der Waals surface area contributed by atoms with Crippen LogP contribution in [0.1, 0.15) is 12.1 Å². The van der Waals surface area contributed by atoms with E-state index in [0.717, 1.165) is 49.1 Å². The maximum atomic E-state index is 9.58. The molecule has 0 atom stereocenters. The third-order valence-corrected chi connectivity index (χ3v) is 4.27. The van der Waals surface area contributed by atoms with Crippen molar-refractivity contribution >= 4 is 22.1 Å². The van der Waals surface area contributed by atoms with Gasteiger partial charge in [0.25, 0.3) is 0 Å². The summed E-state index contributed by atoms with van der Waals surface area (Å²) < 4.78 is 1.99. The van der Waals surface area contributed by atoms with E-state index in [1.807, 2.05) is 16.0 Å². The molecule has 0 bridgehead atoms. The molecule has 1 N–H and O–H groups in total. The molecular formula is C12H18N4OS. The molecule has 0 radical (unpaired) electrons. The predicted octanol–water partition coefficient (Wildman–Crippen LogP) is 1.03. The van der Waals surface area contributed by atoms with Crippen molar-refractivity contribution < 1.29 is 5.11 Å². The number of aromatic nitrogens is 2. The second-order valence-electron chi connectivity index (χ2n) is 4.74. The van der Waals surface area contributed by atoms with Gasteiger partial charge in [0.15, 0.2) is 10.8 Å². The fourth-order valence-electron chi connectivity index (χ4n) is 2.48. The monoisotopic (exact) mass is 266 g/mol. The van der Waals surface area contributed by atoms with Crippen molar-refractivity contribution in [1.29, 1.82) is 0 Å². The average Bonchev–Trinajstić information content (AvgIpc) is 2.86. The van der Waals surface area contributed by atoms with Crippen molar-refractivity contribution in [3.8, 4) is 0 Å². The first-order valence-electron chi connectivity index (χ1n) is 6.28. The molecule has 3 rings (SSSR count). The summed E-state index contributed by atoms with van der Waals surface area (Å²) in [7, 11) is 2.15. The Morgan fingerprint density at radius 3 is 3.06 bits per heavy atom. The lowest BCUT2D eigenvalue weighted by Gasteiger charge is -2.21. The first-order valence-corrected chi connectivity index (χ1v) is 7.16. The van der Waals surface area contributed by atoms with Gasteiger partial charge in [-0.25, -0.2) is 4.98 Å². The standard InChI is InChI=1S/C12H18N4OS/c1-14-3-2-4-15(6-5-14)11-10(9-17)16-7-8-18-12(16)13-11/h7-8,17H,2-6,9H2,1H3. The summed E-state index contributed by atoms with van der Waals surface area (Å²) in [5.74, 6) is 0.958. The van der Waals surface area contributed by atoms with Gasteiger partial charge in [0.05, 0.1) is 12.3 Å². The minimum atomic E-state index is 0.0412. The highest BCUT2D eigenvalue weighted by Gasteiger charge is 2.20. The van der Waals surface area contributed by atoms with Crippen LogP contribution in [0.15, 0.2) is 11.6 Å². The van der Waals surface area contributed by atoms with Crippen LogP contribution in [-0.2, 0) is 6.61 Å². The lowest BCUT2D eigenvalue weighted by atomic mass is 10.3. The lowest BCUT2D eigenvalue weighted by molar-refractivity contribution is 0.276. The highest BCUT2D eigenvalue weighted by atomic mass is 32.1. The minimum absolute atomic E-state index is 0.0412. The Morgan fingerprint density at radius 1 is 1.33 bits per heavy atom. The van der Waals surface area contributed by atoms with E-state index in [1.54, 1.807) is 11.3 Å². The fourth-order valence-corrected chi connectivity index (χ4v) is 3.21. The van der Waals surface area contributed by atoms with Gasteiger partial charge in [0.1, 0.15) is 0 Å². The highest BCUT2D eigenvalue weighted by molar-refractivity contribution is 7.15. The number of imidazole rings is 1. The zero-order valence-electron chi connectivity index (χ0n) is 10.5. The maximum Gasteiger partial charge on any atom is 0.195 e. The molecule has 1 saturated heterocycles. The molecule has 98 valence electrons. The van der Waals surface area contributed by atoms with E-state index < -0.39 is 0 Å². The second-order valence-corrected chi connectivity index (χ2v) is 5.61. The predicted molar refractivity (Wildman–Crippen MR) is 73.3 cm³/mol. The van der Waals surface area contributed by atoms with Gasteiger partial charge >= 0.3 is 0 Å². The van der Waals surface area contributed by atoms with Gasteiger partial charge in [-0.3, -0.25) is 4.40 Å². The summed E-state index contributed by atoms with van der Waals surface area (Å²) in [5.41, 5.74) is 0.913. The molecule has 5 nitrogen and oxygen atoms in total. The number of likely N-dealkylation sites (N-methyl/N-ethyl adjacent to an activating group) is 1. The molecule has 0 aliphatic carbocycles. The summed E-state index contributed by atoms with van der Waals surface area (Å²) in [6, 6.07) is 0. The Hall–Kier alpha value is -1.11. The van der Waals surface area contributed by atoms with Crippen molar-refractivity contribution in [3.05, 3.63) is 17.3 Å². The van der Waals surface area contributed by atoms with Crippen molar-refractivity contribution in [3.63, 3.8) is 0 Å². The number of thiazole rings is 1. The van der Waals surface area contributed by atoms with Crippen LogP contribution in [-0.4, -0.2) is 52.6 Å². The van der Waals surface area contributed by atoms with E-state index in [0.29, 0.717) is 0 Å². The number of fused-ring (bicyclic) bond motifs is 1. The molecule has 0 saturated carbocycles. The second kappa shape index (κ2) is 4.87. The first kappa shape index (κ1) is 12.0. The topological polar surface area (TPSA) is 44.0 Å². The summed E-state index contributed by atoms with van der Waals surface area (Å²) in [5, 5.41) is 11.6. The van der Waals surface area contributed by atoms with E-state index in [1.165, 1.54) is 0 Å². The Labute approximate surface area is 110 Å². The maximum absolute atomic E-state index is 9.58. The molecule has 0 spiro atoms. The van der Waals surface area contributed by atoms with Gasteiger partial charge < -0.3 is 14.9 Å². The van der Waals surface area contributed by atoms with Crippen LogP contribution in [0.5, 0.6) is 0 Å². The summed E-state index contributed by atoms with van der Waals surface area (Å²) in [6.45, 7) is 4.22. The number of anilines is 1. The third kappa shape index (κ3) is 2.00. The molecule has 1 aliphatic rings. The number of hydrogen-bond donors (Lipinski definition) is 1. The van der Waals surface area contributed by atoms with Gasteiger partial charge in [-0.15, -0.1) is 11.3 Å². The summed E-state index contributed by atoms with van der Waals surface area (Å²) >= 11 is 1.61. The SMILES string of the molecule is CN1CCCN(c2nc3sccn3c2CO)CC1. The van der Waals surface area contributed by atoms with E-state index >= 15 is 0 Å². The first-order chi connectivity index (χ1) is 8.79. The minimum Gasteiger partial charge on any atom is -0.390 e. The molecule has 3 heterocycles. The van der Waals surface area contributed by atoms with Crippen molar-refractivity contribution in [2.24, 2.45) is 0 Å². The van der Waals surface area contributed by atoms with E-state index in [4.69, 9.17) is 0 Å². The molecule has 2 aromatic heterocycles. The number of hydrogen-bond acceptors (Lipinski definition) is 5. The Balaban J connectivity index is 1.94. The van der Waals surface area contributed by atoms with Crippen LogP contribution in [0.3, 0.4) is 0 Å². The zero-order chi connectivity index (χ0) is 12.5. The zero-order valence-corrected chi connectivity index (χ0v) is 11.4. The van der Waals surface area contributed by atoms with E-state index in [-0.39, 0.29) is 6.61 Å². The smallest absolute Gasteiger partial charge is 0.195 e. The Kier molecular flexibility index (Phi) is 3.23. The fraction of sp³-hybridized carbons (Fsp3) is 0.583. The molecule has 18 heavy (non-hydrogen) atoms. The van der Waals surface area contributed by atoms with Crippen molar-refractivity contribution in [2.75, 3.05) is 38.1 Å². The Morgan fingerprint density at radius 2 is 2.22 bits per heavy atom. The van der Waals surface area contributed by atoms with Gasteiger partial charge in [0, 0.05) is 31.2 Å². The molecule has 0 unspecified atom stereocenters. The van der Waals surface area contributed by atoms with E-state index in [2.05, 4.69) is 21.8 Å². The quantitative estimate of drug-likeness (QED) is 0.882. The molecule has 1 aliphatic heterocycles. The van der Waals surface area contributed by atoms with Crippen LogP contribution in [0, 0.1) is 0 Å². The molecule has 6 heteroatoms. The van der Waals surface area contributed by atoms with Crippen molar-refractivity contribution in [1.82, 2.24) is 14.3 Å². The normalized spacial score (nSPS) is 18.4. The van der Waals surface area contributed by atoms with Crippen LogP contribution in [0.25, 0.3) is 4.96 Å². The third-order valence-electron chi connectivity index (χ3n) is 3.51. The van der Waals surface area contributed by atoms with Crippen LogP contribution >= 0.6 is 11.3 Å². The number of aliphatic hydroxyl groups excluding tert-OH is 1.